The van der Waals surface area contributed by atoms with Gasteiger partial charge >= 0.3 is 0 Å². The van der Waals surface area contributed by atoms with E-state index >= 15 is 0 Å². The Hall–Kier alpha value is -1.22. The van der Waals surface area contributed by atoms with Crippen molar-refractivity contribution in [3.8, 4) is 5.75 Å². The van der Waals surface area contributed by atoms with Gasteiger partial charge in [0, 0.05) is 44.2 Å². The molecular formula is C24H38ClFN2O4S. The van der Waals surface area contributed by atoms with Gasteiger partial charge in [-0.2, -0.15) is 4.31 Å². The molecule has 1 aliphatic carbocycles. The largest absolute Gasteiger partial charge is 0.496 e. The Morgan fingerprint density at radius 1 is 1.12 bits per heavy atom. The van der Waals surface area contributed by atoms with Gasteiger partial charge < -0.3 is 4.74 Å². The second-order valence-corrected chi connectivity index (χ2v) is 11.3. The van der Waals surface area contributed by atoms with Crippen LogP contribution in [0.3, 0.4) is 0 Å². The molecule has 1 aromatic carbocycles. The molecular weight excluding hydrogens is 467 g/mol. The van der Waals surface area contributed by atoms with Crippen LogP contribution < -0.4 is 4.74 Å². The maximum atomic E-state index is 13.8. The van der Waals surface area contributed by atoms with Gasteiger partial charge in [0.15, 0.2) is 5.78 Å². The molecule has 0 aromatic heterocycles. The molecule has 0 amide bonds. The number of ketones is 1. The normalized spacial score (nSPS) is 19.6. The van der Waals surface area contributed by atoms with E-state index in [-0.39, 0.29) is 29.5 Å². The fourth-order valence-electron chi connectivity index (χ4n) is 5.46. The van der Waals surface area contributed by atoms with Crippen LogP contribution in [0, 0.1) is 12.7 Å². The van der Waals surface area contributed by atoms with Crippen molar-refractivity contribution < 1.29 is 22.3 Å². The number of halogens is 2. The number of methoxy groups -OCH3 is 1. The number of carbonyl (C=O) groups is 1. The van der Waals surface area contributed by atoms with Crippen molar-refractivity contribution in [3.05, 3.63) is 29.1 Å². The SMILES string of the molecule is CCCS(=O)(=O)N1CCN(C2(CCC(=O)c3c(C)cc(F)cc3OC)CCCCC2)CC1.Cl. The summed E-state index contributed by atoms with van der Waals surface area (Å²) in [5.74, 6) is 0.0647. The van der Waals surface area contributed by atoms with Gasteiger partial charge in [-0.05, 0) is 44.2 Å². The number of hydrogen-bond donors (Lipinski definition) is 0. The first-order valence-electron chi connectivity index (χ1n) is 11.8. The van der Waals surface area contributed by atoms with Crippen LogP contribution in [0.25, 0.3) is 0 Å². The number of sulfonamides is 1. The zero-order valence-electron chi connectivity index (χ0n) is 20.1. The maximum absolute atomic E-state index is 13.8. The van der Waals surface area contributed by atoms with E-state index in [1.54, 1.807) is 11.2 Å². The molecule has 2 aliphatic rings. The number of hydrogen-bond acceptors (Lipinski definition) is 5. The Bertz CT molecular complexity index is 911. The molecule has 9 heteroatoms. The molecule has 0 atom stereocenters. The fourth-order valence-corrected chi connectivity index (χ4v) is 6.96. The minimum Gasteiger partial charge on any atom is -0.496 e. The maximum Gasteiger partial charge on any atom is 0.214 e. The Morgan fingerprint density at radius 3 is 2.33 bits per heavy atom. The smallest absolute Gasteiger partial charge is 0.214 e. The second-order valence-electron chi connectivity index (χ2n) is 9.21. The van der Waals surface area contributed by atoms with Gasteiger partial charge in [0.25, 0.3) is 0 Å². The van der Waals surface area contributed by atoms with Crippen LogP contribution in [0.2, 0.25) is 0 Å². The molecule has 0 radical (unpaired) electrons. The van der Waals surface area contributed by atoms with E-state index in [2.05, 4.69) is 4.90 Å². The summed E-state index contributed by atoms with van der Waals surface area (Å²) in [6.45, 7) is 6.07. The highest BCUT2D eigenvalue weighted by molar-refractivity contribution is 7.89. The third kappa shape index (κ3) is 6.47. The summed E-state index contributed by atoms with van der Waals surface area (Å²) in [6.07, 6.45) is 7.24. The third-order valence-corrected chi connectivity index (χ3v) is 9.21. The van der Waals surface area contributed by atoms with E-state index in [4.69, 9.17) is 4.74 Å². The first-order valence-corrected chi connectivity index (χ1v) is 13.4. The van der Waals surface area contributed by atoms with Crippen molar-refractivity contribution in [3.63, 3.8) is 0 Å². The van der Waals surface area contributed by atoms with E-state index < -0.39 is 15.8 Å². The standard InChI is InChI=1S/C24H37FN2O4S.ClH/c1-4-16-32(29,30)27-14-12-26(13-15-27)24(9-6-5-7-10-24)11-8-21(28)23-19(2)17-20(25)18-22(23)31-3;/h17-18H,4-16H2,1-3H3;1H. The molecule has 33 heavy (non-hydrogen) atoms. The predicted molar refractivity (Wildman–Crippen MR) is 132 cm³/mol. The lowest BCUT2D eigenvalue weighted by atomic mass is 9.76. The second kappa shape index (κ2) is 12.0. The Kier molecular flexibility index (Phi) is 10.2. The molecule has 1 aliphatic heterocycles. The minimum atomic E-state index is -3.18. The number of Topliss-reactive ketones (excluding diaryl/α,β-unsaturated/α-hetero) is 1. The monoisotopic (exact) mass is 504 g/mol. The summed E-state index contributed by atoms with van der Waals surface area (Å²) >= 11 is 0. The average Bonchev–Trinajstić information content (AvgIpc) is 2.77. The molecule has 2 fully saturated rings. The fraction of sp³-hybridized carbons (Fsp3) is 0.708. The van der Waals surface area contributed by atoms with Gasteiger partial charge in [-0.15, -0.1) is 12.4 Å². The summed E-state index contributed by atoms with van der Waals surface area (Å²) < 4.78 is 45.6. The van der Waals surface area contributed by atoms with Crippen LogP contribution in [0.5, 0.6) is 5.75 Å². The van der Waals surface area contributed by atoms with E-state index in [0.29, 0.717) is 55.9 Å². The average molecular weight is 505 g/mol. The first kappa shape index (κ1) is 28.0. The highest BCUT2D eigenvalue weighted by Crippen LogP contribution is 2.39. The topological polar surface area (TPSA) is 66.9 Å². The summed E-state index contributed by atoms with van der Waals surface area (Å²) in [6, 6.07) is 2.65. The van der Waals surface area contributed by atoms with Crippen LogP contribution in [0.15, 0.2) is 12.1 Å². The lowest BCUT2D eigenvalue weighted by Gasteiger charge is -2.50. The Balaban J connectivity index is 0.00000385. The van der Waals surface area contributed by atoms with Crippen molar-refractivity contribution in [2.45, 2.75) is 70.8 Å². The van der Waals surface area contributed by atoms with Crippen LogP contribution >= 0.6 is 12.4 Å². The van der Waals surface area contributed by atoms with Crippen molar-refractivity contribution in [2.75, 3.05) is 39.0 Å². The van der Waals surface area contributed by atoms with Gasteiger partial charge in [-0.1, -0.05) is 26.2 Å². The molecule has 0 spiro atoms. The quantitative estimate of drug-likeness (QED) is 0.460. The highest BCUT2D eigenvalue weighted by atomic mass is 35.5. The lowest BCUT2D eigenvalue weighted by Crippen LogP contribution is -2.58. The van der Waals surface area contributed by atoms with Gasteiger partial charge in [0.1, 0.15) is 11.6 Å². The summed E-state index contributed by atoms with van der Waals surface area (Å²) in [5, 5.41) is 0. The van der Waals surface area contributed by atoms with Gasteiger partial charge in [0.2, 0.25) is 10.0 Å². The minimum absolute atomic E-state index is 0. The molecule has 0 N–H and O–H groups in total. The van der Waals surface area contributed by atoms with E-state index in [9.17, 15) is 17.6 Å². The Labute approximate surface area is 204 Å². The van der Waals surface area contributed by atoms with Gasteiger partial charge in [-0.25, -0.2) is 12.8 Å². The number of ether oxygens (including phenoxy) is 1. The molecule has 188 valence electrons. The van der Waals surface area contributed by atoms with Crippen LogP contribution in [0.1, 0.15) is 74.2 Å². The molecule has 0 unspecified atom stereocenters. The molecule has 3 rings (SSSR count). The molecule has 1 heterocycles. The zero-order valence-corrected chi connectivity index (χ0v) is 21.7. The summed E-state index contributed by atoms with van der Waals surface area (Å²) in [5.41, 5.74) is 0.991. The zero-order chi connectivity index (χ0) is 23.4. The number of benzene rings is 1. The van der Waals surface area contributed by atoms with E-state index in [0.717, 1.165) is 32.1 Å². The van der Waals surface area contributed by atoms with E-state index in [1.807, 2.05) is 6.92 Å². The van der Waals surface area contributed by atoms with Crippen molar-refractivity contribution in [1.29, 1.82) is 0 Å². The molecule has 1 aromatic rings. The first-order chi connectivity index (χ1) is 15.2. The van der Waals surface area contributed by atoms with Gasteiger partial charge in [-0.3, -0.25) is 9.69 Å². The summed E-state index contributed by atoms with van der Waals surface area (Å²) in [7, 11) is -1.72. The van der Waals surface area contributed by atoms with Crippen molar-refractivity contribution in [1.82, 2.24) is 9.21 Å². The molecule has 1 saturated heterocycles. The van der Waals surface area contributed by atoms with Crippen LogP contribution in [-0.2, 0) is 10.0 Å². The van der Waals surface area contributed by atoms with Crippen molar-refractivity contribution in [2.24, 2.45) is 0 Å². The number of piperazine rings is 1. The van der Waals surface area contributed by atoms with Crippen LogP contribution in [-0.4, -0.2) is 68.0 Å². The van der Waals surface area contributed by atoms with Gasteiger partial charge in [0.05, 0.1) is 18.4 Å². The van der Waals surface area contributed by atoms with E-state index in [1.165, 1.54) is 25.7 Å². The third-order valence-electron chi connectivity index (χ3n) is 7.13. The molecule has 6 nitrogen and oxygen atoms in total. The Morgan fingerprint density at radius 2 is 1.76 bits per heavy atom. The van der Waals surface area contributed by atoms with Crippen LogP contribution in [0.4, 0.5) is 4.39 Å². The molecule has 1 saturated carbocycles. The van der Waals surface area contributed by atoms with Crippen molar-refractivity contribution >= 4 is 28.2 Å². The lowest BCUT2D eigenvalue weighted by molar-refractivity contribution is 0.0165. The number of carbonyl (C=O) groups excluding carboxylic acids is 1. The predicted octanol–water partition coefficient (Wildman–Crippen LogP) is 4.59. The highest BCUT2D eigenvalue weighted by Gasteiger charge is 2.40. The number of aryl methyl sites for hydroxylation is 1. The number of rotatable bonds is 9. The number of nitrogens with zero attached hydrogens (tertiary/aromatic N) is 2. The summed E-state index contributed by atoms with van der Waals surface area (Å²) in [4.78, 5) is 15.6. The molecule has 0 bridgehead atoms.